The maximum atomic E-state index is 12.9. The number of anilines is 2. The first kappa shape index (κ1) is 26.8. The Morgan fingerprint density at radius 3 is 2.29 bits per heavy atom. The van der Waals surface area contributed by atoms with Crippen molar-refractivity contribution in [2.45, 2.75) is 51.2 Å². The quantitative estimate of drug-likeness (QED) is 0.542. The van der Waals surface area contributed by atoms with Crippen molar-refractivity contribution in [3.05, 3.63) is 53.9 Å². The third-order valence-corrected chi connectivity index (χ3v) is 8.40. The van der Waals surface area contributed by atoms with Gasteiger partial charge in [-0.05, 0) is 60.4 Å². The number of piperidine rings is 1. The van der Waals surface area contributed by atoms with Crippen molar-refractivity contribution in [2.75, 3.05) is 56.0 Å². The number of nitrogens with one attached hydrogen (secondary N) is 1. The molecule has 38 heavy (non-hydrogen) atoms. The third-order valence-electron chi connectivity index (χ3n) is 8.40. The molecule has 5 rings (SSSR count). The van der Waals surface area contributed by atoms with Crippen LogP contribution in [0.1, 0.15) is 50.3 Å². The molecule has 2 atom stereocenters. The summed E-state index contributed by atoms with van der Waals surface area (Å²) in [6.45, 7) is 10.8. The number of carbonyl (C=O) groups excluding carboxylic acids is 1. The van der Waals surface area contributed by atoms with Crippen LogP contribution in [0.3, 0.4) is 0 Å². The van der Waals surface area contributed by atoms with Gasteiger partial charge in [0.2, 0.25) is 5.91 Å². The third kappa shape index (κ3) is 6.25. The van der Waals surface area contributed by atoms with Gasteiger partial charge in [0.25, 0.3) is 0 Å². The fourth-order valence-electron chi connectivity index (χ4n) is 6.15. The van der Waals surface area contributed by atoms with Gasteiger partial charge in [-0.15, -0.1) is 0 Å². The number of nitrogens with zero attached hydrogens (tertiary/aromatic N) is 4. The first-order valence-corrected chi connectivity index (χ1v) is 13.8. The summed E-state index contributed by atoms with van der Waals surface area (Å²) >= 11 is 0. The summed E-state index contributed by atoms with van der Waals surface area (Å²) in [5.74, 6) is 2.03. The van der Waals surface area contributed by atoms with E-state index in [1.54, 1.807) is 6.07 Å². The van der Waals surface area contributed by atoms with Crippen LogP contribution in [-0.4, -0.2) is 72.5 Å². The Hall–Kier alpha value is -2.81. The van der Waals surface area contributed by atoms with Gasteiger partial charge >= 0.3 is 6.18 Å². The summed E-state index contributed by atoms with van der Waals surface area (Å²) in [7, 11) is 0. The van der Waals surface area contributed by atoms with Crippen LogP contribution in [-0.2, 0) is 11.0 Å². The van der Waals surface area contributed by atoms with Crippen LogP contribution in [0.2, 0.25) is 0 Å². The van der Waals surface area contributed by atoms with E-state index in [1.807, 2.05) is 4.90 Å². The molecule has 1 aromatic heterocycles. The van der Waals surface area contributed by atoms with Crippen molar-refractivity contribution in [1.29, 1.82) is 0 Å². The molecule has 3 fully saturated rings. The van der Waals surface area contributed by atoms with Crippen molar-refractivity contribution in [2.24, 2.45) is 11.8 Å². The molecule has 0 aliphatic carbocycles. The second kappa shape index (κ2) is 11.1. The number of carbonyl (C=O) groups is 1. The highest BCUT2D eigenvalue weighted by molar-refractivity contribution is 5.76. The molecule has 2 aromatic rings. The zero-order valence-electron chi connectivity index (χ0n) is 22.3. The zero-order chi connectivity index (χ0) is 26.9. The van der Waals surface area contributed by atoms with Gasteiger partial charge in [0.1, 0.15) is 5.69 Å². The first-order chi connectivity index (χ1) is 18.2. The number of aromatic nitrogens is 1. The average molecular weight is 530 g/mol. The molecule has 6 nitrogen and oxygen atoms in total. The minimum atomic E-state index is -4.46. The molecule has 1 aromatic carbocycles. The topological polar surface area (TPSA) is 51.7 Å². The molecule has 1 amide bonds. The summed E-state index contributed by atoms with van der Waals surface area (Å²) in [6.07, 6.45) is -1.32. The predicted molar refractivity (Wildman–Crippen MR) is 143 cm³/mol. The van der Waals surface area contributed by atoms with E-state index < -0.39 is 11.9 Å². The van der Waals surface area contributed by atoms with Gasteiger partial charge in [0.05, 0.1) is 0 Å². The van der Waals surface area contributed by atoms with Crippen molar-refractivity contribution in [1.82, 2.24) is 14.8 Å². The van der Waals surface area contributed by atoms with Crippen LogP contribution in [0.25, 0.3) is 0 Å². The van der Waals surface area contributed by atoms with E-state index in [4.69, 9.17) is 0 Å². The van der Waals surface area contributed by atoms with Crippen LogP contribution in [0.5, 0.6) is 0 Å². The molecule has 0 radical (unpaired) electrons. The minimum Gasteiger partial charge on any atom is -0.382 e. The Morgan fingerprint density at radius 2 is 1.68 bits per heavy atom. The van der Waals surface area contributed by atoms with Gasteiger partial charge in [0, 0.05) is 75.8 Å². The lowest BCUT2D eigenvalue weighted by molar-refractivity contribution is -0.141. The van der Waals surface area contributed by atoms with Gasteiger partial charge in [-0.25, -0.2) is 0 Å². The second-order valence-electron chi connectivity index (χ2n) is 11.4. The van der Waals surface area contributed by atoms with E-state index in [1.165, 1.54) is 17.4 Å². The molecular weight excluding hydrogens is 491 g/mol. The molecule has 0 spiro atoms. The zero-order valence-corrected chi connectivity index (χ0v) is 22.3. The Morgan fingerprint density at radius 1 is 1.03 bits per heavy atom. The molecule has 9 heteroatoms. The van der Waals surface area contributed by atoms with Crippen LogP contribution in [0.4, 0.5) is 24.5 Å². The Bertz CT molecular complexity index is 1080. The summed E-state index contributed by atoms with van der Waals surface area (Å²) < 4.78 is 38.8. The molecular formula is C29H38F3N5O. The SMILES string of the molecule is CC(C)c1ccc(N2CC3CN(CCC(=O)N4CCC(Nc5ccnc(C(F)(F)F)c5)CC4)CC3C2)cc1. The molecule has 2 unspecified atom stereocenters. The number of halogens is 3. The fourth-order valence-corrected chi connectivity index (χ4v) is 6.15. The van der Waals surface area contributed by atoms with Crippen LogP contribution in [0.15, 0.2) is 42.6 Å². The summed E-state index contributed by atoms with van der Waals surface area (Å²) in [5, 5.41) is 3.18. The number of likely N-dealkylation sites (tertiary alicyclic amines) is 2. The Kier molecular flexibility index (Phi) is 7.84. The molecule has 4 heterocycles. The van der Waals surface area contributed by atoms with Crippen molar-refractivity contribution < 1.29 is 18.0 Å². The lowest BCUT2D eigenvalue weighted by Gasteiger charge is -2.33. The number of fused-ring (bicyclic) bond motifs is 1. The van der Waals surface area contributed by atoms with E-state index in [0.29, 0.717) is 43.0 Å². The van der Waals surface area contributed by atoms with Gasteiger partial charge in [-0.3, -0.25) is 9.78 Å². The number of amides is 1. The number of hydrogen-bond donors (Lipinski definition) is 1. The van der Waals surface area contributed by atoms with E-state index in [2.05, 4.69) is 58.2 Å². The minimum absolute atomic E-state index is 0.0463. The smallest absolute Gasteiger partial charge is 0.382 e. The van der Waals surface area contributed by atoms with Gasteiger partial charge in [-0.1, -0.05) is 26.0 Å². The lowest BCUT2D eigenvalue weighted by Crippen LogP contribution is -2.43. The van der Waals surface area contributed by atoms with Crippen LogP contribution >= 0.6 is 0 Å². The molecule has 1 N–H and O–H groups in total. The van der Waals surface area contributed by atoms with Crippen molar-refractivity contribution >= 4 is 17.3 Å². The monoisotopic (exact) mass is 529 g/mol. The Labute approximate surface area is 223 Å². The fraction of sp³-hybridized carbons (Fsp3) is 0.586. The average Bonchev–Trinajstić information content (AvgIpc) is 3.47. The lowest BCUT2D eigenvalue weighted by atomic mass is 10.0. The molecule has 3 aliphatic rings. The number of pyridine rings is 1. The number of rotatable bonds is 7. The molecule has 3 aliphatic heterocycles. The molecule has 0 saturated carbocycles. The largest absolute Gasteiger partial charge is 0.433 e. The highest BCUT2D eigenvalue weighted by Crippen LogP contribution is 2.34. The van der Waals surface area contributed by atoms with Gasteiger partial charge in [0.15, 0.2) is 0 Å². The second-order valence-corrected chi connectivity index (χ2v) is 11.4. The van der Waals surface area contributed by atoms with Gasteiger partial charge < -0.3 is 20.0 Å². The highest BCUT2D eigenvalue weighted by Gasteiger charge is 2.40. The maximum absolute atomic E-state index is 12.9. The van der Waals surface area contributed by atoms with Crippen molar-refractivity contribution in [3.8, 4) is 0 Å². The normalized spacial score (nSPS) is 22.8. The number of alkyl halides is 3. The molecule has 206 valence electrons. The number of benzene rings is 1. The predicted octanol–water partition coefficient (Wildman–Crippen LogP) is 5.09. The summed E-state index contributed by atoms with van der Waals surface area (Å²) in [4.78, 5) is 23.1. The Balaban J connectivity index is 1.02. The molecule has 0 bridgehead atoms. The molecule has 3 saturated heterocycles. The summed E-state index contributed by atoms with van der Waals surface area (Å²) in [6, 6.07) is 11.6. The van der Waals surface area contributed by atoms with Crippen molar-refractivity contribution in [3.63, 3.8) is 0 Å². The summed E-state index contributed by atoms with van der Waals surface area (Å²) in [5.41, 5.74) is 2.21. The standard InChI is InChI=1S/C29H38F3N5O/c1-20(2)21-3-5-26(6-4-21)37-18-22-16-35(17-23(22)19-37)12-10-28(38)36-13-8-24(9-14-36)34-25-7-11-33-27(15-25)29(30,31)32/h3-7,11,15,20,22-24H,8-10,12-14,16-19H2,1-2H3,(H,33,34). The van der Waals surface area contributed by atoms with E-state index >= 15 is 0 Å². The van der Waals surface area contributed by atoms with Crippen LogP contribution < -0.4 is 10.2 Å². The highest BCUT2D eigenvalue weighted by atomic mass is 19.4. The van der Waals surface area contributed by atoms with Crippen LogP contribution in [0, 0.1) is 11.8 Å². The van der Waals surface area contributed by atoms with E-state index in [9.17, 15) is 18.0 Å². The number of hydrogen-bond acceptors (Lipinski definition) is 5. The first-order valence-electron chi connectivity index (χ1n) is 13.8. The maximum Gasteiger partial charge on any atom is 0.433 e. The van der Waals surface area contributed by atoms with E-state index in [-0.39, 0.29) is 11.9 Å². The van der Waals surface area contributed by atoms with Gasteiger partial charge in [-0.2, -0.15) is 13.2 Å². The van der Waals surface area contributed by atoms with E-state index in [0.717, 1.165) is 51.6 Å².